The summed E-state index contributed by atoms with van der Waals surface area (Å²) < 4.78 is 0.927. The van der Waals surface area contributed by atoms with E-state index >= 15 is 0 Å². The van der Waals surface area contributed by atoms with Gasteiger partial charge in [-0.3, -0.25) is 0 Å². The summed E-state index contributed by atoms with van der Waals surface area (Å²) in [5.74, 6) is 0. The quantitative estimate of drug-likeness (QED) is 0.481. The third-order valence-corrected chi connectivity index (χ3v) is 1.50. The van der Waals surface area contributed by atoms with E-state index in [4.69, 9.17) is 0 Å². The van der Waals surface area contributed by atoms with E-state index in [1.165, 1.54) is 5.57 Å². The maximum absolute atomic E-state index is 3.69. The Bertz CT molecular complexity index is 164. The summed E-state index contributed by atoms with van der Waals surface area (Å²) in [7, 11) is 0. The van der Waals surface area contributed by atoms with Crippen LogP contribution in [0.1, 0.15) is 20.3 Å². The molecular weight excluding hydrogens is 188 g/mol. The van der Waals surface area contributed by atoms with Crippen molar-refractivity contribution in [2.24, 2.45) is 0 Å². The van der Waals surface area contributed by atoms with Gasteiger partial charge in [0.15, 0.2) is 0 Å². The van der Waals surface area contributed by atoms with Crippen LogP contribution in [0.25, 0.3) is 0 Å². The van der Waals surface area contributed by atoms with E-state index in [0.29, 0.717) is 0 Å². The third kappa shape index (κ3) is 5.83. The molecule has 0 radical (unpaired) electrons. The average molecular weight is 201 g/mol. The molecule has 0 N–H and O–H groups in total. The van der Waals surface area contributed by atoms with Crippen LogP contribution in [0.5, 0.6) is 0 Å². The van der Waals surface area contributed by atoms with Crippen LogP contribution in [-0.2, 0) is 0 Å². The molecular formula is C9H13Br. The number of allylic oxidation sites excluding steroid dienone is 5. The van der Waals surface area contributed by atoms with Crippen molar-refractivity contribution in [1.82, 2.24) is 0 Å². The molecule has 0 aliphatic heterocycles. The second-order valence-electron chi connectivity index (χ2n) is 2.19. The summed E-state index contributed by atoms with van der Waals surface area (Å²) in [6.45, 7) is 7.85. The van der Waals surface area contributed by atoms with Crippen molar-refractivity contribution < 1.29 is 0 Å². The maximum Gasteiger partial charge on any atom is 0.00998 e. The SMILES string of the molecule is C=C(Br)C=CC/C(C)=C\C. The van der Waals surface area contributed by atoms with Crippen LogP contribution in [0.2, 0.25) is 0 Å². The number of hydrogen-bond acceptors (Lipinski definition) is 0. The van der Waals surface area contributed by atoms with Crippen LogP contribution >= 0.6 is 15.9 Å². The lowest BCUT2D eigenvalue weighted by atomic mass is 10.2. The molecule has 0 fully saturated rings. The van der Waals surface area contributed by atoms with Gasteiger partial charge in [-0.2, -0.15) is 0 Å². The van der Waals surface area contributed by atoms with Crippen molar-refractivity contribution >= 4 is 15.9 Å². The van der Waals surface area contributed by atoms with Crippen LogP contribution in [0.4, 0.5) is 0 Å². The minimum absolute atomic E-state index is 0.927. The van der Waals surface area contributed by atoms with Gasteiger partial charge >= 0.3 is 0 Å². The lowest BCUT2D eigenvalue weighted by Crippen LogP contribution is -1.69. The highest BCUT2D eigenvalue weighted by Crippen LogP contribution is 2.05. The molecule has 0 aromatic heterocycles. The summed E-state index contributed by atoms with van der Waals surface area (Å²) in [6.07, 6.45) is 7.18. The Labute approximate surface area is 71.5 Å². The van der Waals surface area contributed by atoms with Crippen molar-refractivity contribution in [1.29, 1.82) is 0 Å². The van der Waals surface area contributed by atoms with Crippen LogP contribution in [0.3, 0.4) is 0 Å². The van der Waals surface area contributed by atoms with Gasteiger partial charge in [0, 0.05) is 4.48 Å². The smallest absolute Gasteiger partial charge is 0.00998 e. The molecule has 1 heteroatoms. The Hall–Kier alpha value is -0.300. The van der Waals surface area contributed by atoms with Gasteiger partial charge in [0.25, 0.3) is 0 Å². The fourth-order valence-corrected chi connectivity index (χ4v) is 0.677. The van der Waals surface area contributed by atoms with Gasteiger partial charge in [0.05, 0.1) is 0 Å². The van der Waals surface area contributed by atoms with Crippen LogP contribution < -0.4 is 0 Å². The minimum atomic E-state index is 0.927. The third-order valence-electron chi connectivity index (χ3n) is 1.23. The molecule has 0 saturated carbocycles. The minimum Gasteiger partial charge on any atom is -0.0884 e. The first-order chi connectivity index (χ1) is 4.66. The van der Waals surface area contributed by atoms with Gasteiger partial charge in [-0.25, -0.2) is 0 Å². The maximum atomic E-state index is 3.69. The molecule has 0 saturated heterocycles. The van der Waals surface area contributed by atoms with Crippen molar-refractivity contribution in [3.8, 4) is 0 Å². The van der Waals surface area contributed by atoms with Crippen LogP contribution in [-0.4, -0.2) is 0 Å². The number of halogens is 1. The molecule has 0 nitrogen and oxygen atoms in total. The van der Waals surface area contributed by atoms with Crippen molar-refractivity contribution in [3.63, 3.8) is 0 Å². The Kier molecular flexibility index (Phi) is 5.32. The first kappa shape index (κ1) is 9.70. The van der Waals surface area contributed by atoms with E-state index in [0.717, 1.165) is 10.9 Å². The largest absolute Gasteiger partial charge is 0.0884 e. The lowest BCUT2D eigenvalue weighted by molar-refractivity contribution is 1.20. The predicted octanol–water partition coefficient (Wildman–Crippen LogP) is 3.81. The molecule has 0 unspecified atom stereocenters. The molecule has 0 bridgehead atoms. The van der Waals surface area contributed by atoms with E-state index in [2.05, 4.69) is 41.6 Å². The Balaban J connectivity index is 3.64. The molecule has 0 aromatic carbocycles. The molecule has 0 amide bonds. The fourth-order valence-electron chi connectivity index (χ4n) is 0.491. The van der Waals surface area contributed by atoms with Gasteiger partial charge < -0.3 is 0 Å². The Morgan fingerprint density at radius 2 is 2.20 bits per heavy atom. The molecule has 0 spiro atoms. The lowest BCUT2D eigenvalue weighted by Gasteiger charge is -1.90. The Morgan fingerprint density at radius 1 is 1.60 bits per heavy atom. The van der Waals surface area contributed by atoms with E-state index < -0.39 is 0 Å². The summed E-state index contributed by atoms with van der Waals surface area (Å²) >= 11 is 3.25. The molecule has 0 rings (SSSR count). The zero-order valence-corrected chi connectivity index (χ0v) is 8.11. The van der Waals surface area contributed by atoms with Gasteiger partial charge in [-0.1, -0.05) is 46.3 Å². The molecule has 0 aliphatic carbocycles. The standard InChI is InChI=1S/C9H13Br/c1-4-8(2)6-5-7-9(3)10/h4-5,7H,3,6H2,1-2H3/b7-5?,8-4-. The highest BCUT2D eigenvalue weighted by atomic mass is 79.9. The number of rotatable bonds is 3. The molecule has 0 heterocycles. The normalized spacial score (nSPS) is 12.5. The van der Waals surface area contributed by atoms with Crippen LogP contribution in [0, 0.1) is 0 Å². The summed E-state index contributed by atoms with van der Waals surface area (Å²) in [5.41, 5.74) is 1.38. The molecule has 0 aliphatic rings. The van der Waals surface area contributed by atoms with Crippen molar-refractivity contribution in [3.05, 3.63) is 34.9 Å². The second kappa shape index (κ2) is 5.48. The first-order valence-corrected chi connectivity index (χ1v) is 4.09. The van der Waals surface area contributed by atoms with Gasteiger partial charge in [-0.15, -0.1) is 0 Å². The van der Waals surface area contributed by atoms with E-state index in [1.807, 2.05) is 13.0 Å². The molecule has 0 atom stereocenters. The van der Waals surface area contributed by atoms with Crippen molar-refractivity contribution in [2.45, 2.75) is 20.3 Å². The fraction of sp³-hybridized carbons (Fsp3) is 0.333. The molecule has 56 valence electrons. The first-order valence-electron chi connectivity index (χ1n) is 3.29. The predicted molar refractivity (Wildman–Crippen MR) is 51.3 cm³/mol. The summed E-state index contributed by atoms with van der Waals surface area (Å²) in [5, 5.41) is 0. The second-order valence-corrected chi connectivity index (χ2v) is 3.21. The topological polar surface area (TPSA) is 0 Å². The van der Waals surface area contributed by atoms with E-state index in [9.17, 15) is 0 Å². The zero-order chi connectivity index (χ0) is 7.98. The zero-order valence-electron chi connectivity index (χ0n) is 6.52. The van der Waals surface area contributed by atoms with Gasteiger partial charge in [0.2, 0.25) is 0 Å². The summed E-state index contributed by atoms with van der Waals surface area (Å²) in [6, 6.07) is 0. The molecule has 0 aromatic rings. The number of hydrogen-bond donors (Lipinski definition) is 0. The monoisotopic (exact) mass is 200 g/mol. The highest BCUT2D eigenvalue weighted by Gasteiger charge is 1.81. The average Bonchev–Trinajstić information content (AvgIpc) is 1.87. The van der Waals surface area contributed by atoms with Gasteiger partial charge in [-0.05, 0) is 20.3 Å². The molecule has 10 heavy (non-hydrogen) atoms. The van der Waals surface area contributed by atoms with E-state index in [1.54, 1.807) is 0 Å². The van der Waals surface area contributed by atoms with Gasteiger partial charge in [0.1, 0.15) is 0 Å². The van der Waals surface area contributed by atoms with E-state index in [-0.39, 0.29) is 0 Å². The Morgan fingerprint density at radius 3 is 2.60 bits per heavy atom. The van der Waals surface area contributed by atoms with Crippen LogP contribution in [0.15, 0.2) is 34.9 Å². The highest BCUT2D eigenvalue weighted by molar-refractivity contribution is 9.11. The summed E-state index contributed by atoms with van der Waals surface area (Å²) in [4.78, 5) is 0. The van der Waals surface area contributed by atoms with Crippen molar-refractivity contribution in [2.75, 3.05) is 0 Å².